The first-order valence-corrected chi connectivity index (χ1v) is 9.47. The lowest BCUT2D eigenvalue weighted by Crippen LogP contribution is -2.00. The van der Waals surface area contributed by atoms with E-state index in [2.05, 4.69) is 73.8 Å². The summed E-state index contributed by atoms with van der Waals surface area (Å²) in [6.07, 6.45) is 0. The van der Waals surface area contributed by atoms with Crippen LogP contribution in [0.15, 0.2) is 77.3 Å². The van der Waals surface area contributed by atoms with Gasteiger partial charge in [0.2, 0.25) is 0 Å². The summed E-state index contributed by atoms with van der Waals surface area (Å²) in [5.41, 5.74) is 4.97. The highest BCUT2D eigenvalue weighted by molar-refractivity contribution is 9.10. The van der Waals surface area contributed by atoms with Gasteiger partial charge in [0, 0.05) is 21.0 Å². The maximum atomic E-state index is 4.95. The Morgan fingerprint density at radius 3 is 2.19 bits per heavy atom. The fourth-order valence-electron chi connectivity index (χ4n) is 3.27. The summed E-state index contributed by atoms with van der Waals surface area (Å²) in [5.74, 6) is 1.62. The Morgan fingerprint density at radius 1 is 0.741 bits per heavy atom. The number of hydrogen-bond donors (Lipinski definition) is 0. The van der Waals surface area contributed by atoms with Gasteiger partial charge in [-0.15, -0.1) is 10.2 Å². The Labute approximate surface area is 164 Å². The van der Waals surface area contributed by atoms with E-state index < -0.39 is 0 Å². The average Bonchev–Trinajstić information content (AvgIpc) is 3.14. The molecule has 0 unspecified atom stereocenters. The third-order valence-electron chi connectivity index (χ3n) is 4.66. The fourth-order valence-corrected chi connectivity index (χ4v) is 3.53. The Morgan fingerprint density at radius 2 is 1.41 bits per heavy atom. The van der Waals surface area contributed by atoms with Crippen LogP contribution in [0.3, 0.4) is 0 Å². The largest absolute Gasteiger partial charge is 0.258 e. The van der Waals surface area contributed by atoms with Gasteiger partial charge in [-0.3, -0.25) is 4.40 Å². The molecule has 0 aliphatic rings. The molecule has 0 fully saturated rings. The molecule has 0 radical (unpaired) electrons. The zero-order valence-corrected chi connectivity index (χ0v) is 16.2. The fraction of sp³-hybridized carbons (Fsp3) is 0.0455. The van der Waals surface area contributed by atoms with Crippen molar-refractivity contribution in [3.8, 4) is 22.8 Å². The minimum Gasteiger partial charge on any atom is -0.258 e. The molecule has 0 saturated heterocycles. The van der Waals surface area contributed by atoms with Crippen LogP contribution in [0.5, 0.6) is 0 Å². The van der Waals surface area contributed by atoms with Gasteiger partial charge in [-0.1, -0.05) is 70.0 Å². The number of rotatable bonds is 2. The second kappa shape index (κ2) is 6.28. The zero-order valence-electron chi connectivity index (χ0n) is 14.6. The van der Waals surface area contributed by atoms with E-state index in [0.717, 1.165) is 43.8 Å². The molecule has 3 aromatic carbocycles. The quantitative estimate of drug-likeness (QED) is 0.373. The molecule has 0 bridgehead atoms. The van der Waals surface area contributed by atoms with Gasteiger partial charge in [0.05, 0.1) is 5.52 Å². The van der Waals surface area contributed by atoms with Gasteiger partial charge in [-0.2, -0.15) is 0 Å². The van der Waals surface area contributed by atoms with Gasteiger partial charge in [-0.05, 0) is 31.2 Å². The minimum absolute atomic E-state index is 0.793. The summed E-state index contributed by atoms with van der Waals surface area (Å²) in [7, 11) is 0. The molecule has 0 amide bonds. The molecule has 0 atom stereocenters. The molecule has 0 N–H and O–H groups in total. The molecule has 0 spiro atoms. The highest BCUT2D eigenvalue weighted by Crippen LogP contribution is 2.30. The Kier molecular flexibility index (Phi) is 3.76. The number of aromatic nitrogens is 4. The van der Waals surface area contributed by atoms with Gasteiger partial charge in [0.15, 0.2) is 11.5 Å². The third kappa shape index (κ3) is 2.71. The van der Waals surface area contributed by atoms with Gasteiger partial charge in [0.1, 0.15) is 5.82 Å². The van der Waals surface area contributed by atoms with Crippen molar-refractivity contribution in [2.45, 2.75) is 6.92 Å². The molecule has 5 rings (SSSR count). The first-order valence-electron chi connectivity index (χ1n) is 8.67. The van der Waals surface area contributed by atoms with E-state index >= 15 is 0 Å². The van der Waals surface area contributed by atoms with Crippen molar-refractivity contribution in [2.24, 2.45) is 0 Å². The number of halogens is 1. The van der Waals surface area contributed by atoms with Gasteiger partial charge in [-0.25, -0.2) is 4.98 Å². The molecule has 0 aliphatic heterocycles. The number of fused-ring (bicyclic) bond motifs is 3. The van der Waals surface area contributed by atoms with Crippen LogP contribution in [0.4, 0.5) is 0 Å². The molecule has 0 saturated carbocycles. The van der Waals surface area contributed by atoms with Crippen molar-refractivity contribution in [1.29, 1.82) is 0 Å². The Bertz CT molecular complexity index is 1270. The van der Waals surface area contributed by atoms with Crippen LogP contribution in [0.2, 0.25) is 0 Å². The van der Waals surface area contributed by atoms with Crippen LogP contribution < -0.4 is 0 Å². The Balaban J connectivity index is 1.89. The topological polar surface area (TPSA) is 43.1 Å². The van der Waals surface area contributed by atoms with Gasteiger partial charge < -0.3 is 0 Å². The number of aryl methyl sites for hydroxylation is 1. The van der Waals surface area contributed by atoms with E-state index in [1.807, 2.05) is 36.4 Å². The molecule has 2 heterocycles. The summed E-state index contributed by atoms with van der Waals surface area (Å²) in [6.45, 7) is 2.08. The molecular formula is C22H15BrN4. The highest BCUT2D eigenvalue weighted by Gasteiger charge is 2.17. The van der Waals surface area contributed by atoms with E-state index in [4.69, 9.17) is 4.98 Å². The molecule has 4 nitrogen and oxygen atoms in total. The maximum Gasteiger partial charge on any atom is 0.172 e. The van der Waals surface area contributed by atoms with Crippen molar-refractivity contribution >= 4 is 32.5 Å². The average molecular weight is 415 g/mol. The first-order chi connectivity index (χ1) is 13.2. The van der Waals surface area contributed by atoms with Gasteiger partial charge in [0.25, 0.3) is 0 Å². The predicted octanol–water partition coefficient (Wildman–Crippen LogP) is 5.68. The molecule has 27 heavy (non-hydrogen) atoms. The van der Waals surface area contributed by atoms with Crippen LogP contribution in [-0.4, -0.2) is 19.6 Å². The summed E-state index contributed by atoms with van der Waals surface area (Å²) in [4.78, 5) is 4.95. The van der Waals surface area contributed by atoms with Crippen molar-refractivity contribution in [3.63, 3.8) is 0 Å². The lowest BCUT2D eigenvalue weighted by Gasteiger charge is -2.10. The SMILES string of the molecule is Cc1ccc(-c2nnc3c4ccccc4nc(-c4ccc(Br)cc4)n23)cc1. The monoisotopic (exact) mass is 414 g/mol. The standard InChI is InChI=1S/C22H15BrN4/c1-14-6-8-16(9-7-14)21-25-26-22-18-4-2-3-5-19(18)24-20(27(21)22)15-10-12-17(23)13-11-15/h2-13H,1H3. The zero-order chi connectivity index (χ0) is 18.4. The normalized spacial score (nSPS) is 11.3. The van der Waals surface area contributed by atoms with E-state index in [9.17, 15) is 0 Å². The number of nitrogens with zero attached hydrogens (tertiary/aromatic N) is 4. The summed E-state index contributed by atoms with van der Waals surface area (Å²) >= 11 is 3.51. The van der Waals surface area contributed by atoms with E-state index in [0.29, 0.717) is 0 Å². The van der Waals surface area contributed by atoms with Crippen molar-refractivity contribution in [2.75, 3.05) is 0 Å². The summed E-state index contributed by atoms with van der Waals surface area (Å²) in [6, 6.07) is 24.5. The predicted molar refractivity (Wildman–Crippen MR) is 112 cm³/mol. The lowest BCUT2D eigenvalue weighted by atomic mass is 10.1. The molecule has 5 heteroatoms. The molecule has 130 valence electrons. The number of benzene rings is 3. The summed E-state index contributed by atoms with van der Waals surface area (Å²) in [5, 5.41) is 10.0. The van der Waals surface area contributed by atoms with Crippen molar-refractivity contribution < 1.29 is 0 Å². The molecular weight excluding hydrogens is 400 g/mol. The molecule has 2 aromatic heterocycles. The second-order valence-electron chi connectivity index (χ2n) is 6.51. The second-order valence-corrected chi connectivity index (χ2v) is 7.42. The van der Waals surface area contributed by atoms with E-state index in [1.165, 1.54) is 5.56 Å². The van der Waals surface area contributed by atoms with E-state index in [-0.39, 0.29) is 0 Å². The number of para-hydroxylation sites is 1. The van der Waals surface area contributed by atoms with Gasteiger partial charge >= 0.3 is 0 Å². The van der Waals surface area contributed by atoms with E-state index in [1.54, 1.807) is 0 Å². The van der Waals surface area contributed by atoms with Crippen LogP contribution >= 0.6 is 15.9 Å². The molecule has 5 aromatic rings. The Hall–Kier alpha value is -3.05. The maximum absolute atomic E-state index is 4.95. The van der Waals surface area contributed by atoms with Crippen molar-refractivity contribution in [1.82, 2.24) is 19.6 Å². The van der Waals surface area contributed by atoms with Crippen molar-refractivity contribution in [3.05, 3.63) is 82.8 Å². The van der Waals surface area contributed by atoms with Crippen LogP contribution in [0, 0.1) is 6.92 Å². The minimum atomic E-state index is 0.793. The number of hydrogen-bond acceptors (Lipinski definition) is 3. The van der Waals surface area contributed by atoms with Crippen LogP contribution in [0.1, 0.15) is 5.56 Å². The lowest BCUT2D eigenvalue weighted by molar-refractivity contribution is 1.10. The smallest absolute Gasteiger partial charge is 0.172 e. The molecule has 0 aliphatic carbocycles. The van der Waals surface area contributed by atoms with Crippen LogP contribution in [0.25, 0.3) is 39.3 Å². The highest BCUT2D eigenvalue weighted by atomic mass is 79.9. The third-order valence-corrected chi connectivity index (χ3v) is 5.19. The van der Waals surface area contributed by atoms with Crippen LogP contribution in [-0.2, 0) is 0 Å². The summed E-state index contributed by atoms with van der Waals surface area (Å²) < 4.78 is 3.08. The first kappa shape index (κ1) is 16.1.